The minimum Gasteiger partial charge on any atom is -0.462 e. The summed E-state index contributed by atoms with van der Waals surface area (Å²) in [4.78, 5) is 34.1. The van der Waals surface area contributed by atoms with E-state index in [4.69, 9.17) is 4.74 Å². The van der Waals surface area contributed by atoms with Crippen LogP contribution >= 0.6 is 0 Å². The van der Waals surface area contributed by atoms with Gasteiger partial charge in [0.2, 0.25) is 0 Å². The van der Waals surface area contributed by atoms with Crippen LogP contribution in [0.4, 0.5) is 11.4 Å². The van der Waals surface area contributed by atoms with Gasteiger partial charge >= 0.3 is 5.97 Å². The van der Waals surface area contributed by atoms with E-state index in [-0.39, 0.29) is 12.3 Å². The number of rotatable bonds is 5. The third kappa shape index (κ3) is 3.95. The van der Waals surface area contributed by atoms with Crippen LogP contribution in [0.3, 0.4) is 0 Å². The van der Waals surface area contributed by atoms with Crippen molar-refractivity contribution in [2.24, 2.45) is 0 Å². The van der Waals surface area contributed by atoms with E-state index in [1.165, 1.54) is 18.2 Å². The molecule has 0 saturated carbocycles. The van der Waals surface area contributed by atoms with E-state index < -0.39 is 16.8 Å². The second-order valence-corrected chi connectivity index (χ2v) is 5.01. The van der Waals surface area contributed by atoms with Crippen molar-refractivity contribution >= 4 is 23.3 Å². The van der Waals surface area contributed by atoms with Crippen molar-refractivity contribution in [1.29, 1.82) is 0 Å². The normalized spacial score (nSPS) is 10.1. The molecule has 2 rings (SSSR count). The zero-order valence-electron chi connectivity index (χ0n) is 13.2. The van der Waals surface area contributed by atoms with E-state index in [1.807, 2.05) is 0 Å². The highest BCUT2D eigenvalue weighted by molar-refractivity contribution is 6.04. The molecule has 0 spiro atoms. The van der Waals surface area contributed by atoms with E-state index in [1.54, 1.807) is 38.1 Å². The number of carbonyl (C=O) groups is 2. The van der Waals surface area contributed by atoms with E-state index in [2.05, 4.69) is 5.32 Å². The average molecular weight is 328 g/mol. The molecule has 7 heteroatoms. The summed E-state index contributed by atoms with van der Waals surface area (Å²) in [5.41, 5.74) is 1.58. The lowest BCUT2D eigenvalue weighted by atomic mass is 10.1. The smallest absolute Gasteiger partial charge is 0.338 e. The Morgan fingerprint density at radius 2 is 1.75 bits per heavy atom. The molecule has 0 aliphatic rings. The molecule has 124 valence electrons. The van der Waals surface area contributed by atoms with E-state index in [0.717, 1.165) is 0 Å². The Hall–Kier alpha value is -3.22. The molecule has 0 radical (unpaired) electrons. The van der Waals surface area contributed by atoms with Gasteiger partial charge in [-0.05, 0) is 50.2 Å². The van der Waals surface area contributed by atoms with Crippen LogP contribution in [0.25, 0.3) is 0 Å². The maximum absolute atomic E-state index is 12.2. The minimum atomic E-state index is -0.495. The van der Waals surface area contributed by atoms with Gasteiger partial charge in [-0.15, -0.1) is 0 Å². The van der Waals surface area contributed by atoms with E-state index in [9.17, 15) is 19.7 Å². The third-order valence-corrected chi connectivity index (χ3v) is 3.31. The van der Waals surface area contributed by atoms with Crippen molar-refractivity contribution in [3.05, 3.63) is 69.3 Å². The SMILES string of the molecule is CCOC(=O)c1ccc(NC(=O)c2ccc([N+](=O)[O-])c(C)c2)cc1. The van der Waals surface area contributed by atoms with Crippen LogP contribution in [0.2, 0.25) is 0 Å². The van der Waals surface area contributed by atoms with Gasteiger partial charge in [-0.1, -0.05) is 0 Å². The average Bonchev–Trinajstić information content (AvgIpc) is 2.55. The van der Waals surface area contributed by atoms with Gasteiger partial charge in [-0.3, -0.25) is 14.9 Å². The van der Waals surface area contributed by atoms with Gasteiger partial charge < -0.3 is 10.1 Å². The largest absolute Gasteiger partial charge is 0.462 e. The van der Waals surface area contributed by atoms with Gasteiger partial charge in [-0.2, -0.15) is 0 Å². The number of amides is 1. The van der Waals surface area contributed by atoms with Crippen LogP contribution in [0.15, 0.2) is 42.5 Å². The molecule has 0 saturated heterocycles. The predicted octanol–water partition coefficient (Wildman–Crippen LogP) is 3.33. The molecule has 0 aliphatic carbocycles. The van der Waals surface area contributed by atoms with Crippen LogP contribution in [0.1, 0.15) is 33.2 Å². The summed E-state index contributed by atoms with van der Waals surface area (Å²) in [5, 5.41) is 13.5. The number of anilines is 1. The number of hydrogen-bond donors (Lipinski definition) is 1. The molecule has 0 atom stereocenters. The summed E-state index contributed by atoms with van der Waals surface area (Å²) in [6, 6.07) is 10.4. The van der Waals surface area contributed by atoms with Gasteiger partial charge in [0.1, 0.15) is 0 Å². The first-order valence-electron chi connectivity index (χ1n) is 7.26. The lowest BCUT2D eigenvalue weighted by Crippen LogP contribution is -2.12. The molecule has 2 aromatic carbocycles. The monoisotopic (exact) mass is 328 g/mol. The van der Waals surface area contributed by atoms with Crippen molar-refractivity contribution in [3.63, 3.8) is 0 Å². The highest BCUT2D eigenvalue weighted by Gasteiger charge is 2.14. The number of aryl methyl sites for hydroxylation is 1. The number of nitrogens with one attached hydrogen (secondary N) is 1. The molecule has 1 N–H and O–H groups in total. The molecule has 7 nitrogen and oxygen atoms in total. The van der Waals surface area contributed by atoms with E-state index in [0.29, 0.717) is 22.4 Å². The fraction of sp³-hybridized carbons (Fsp3) is 0.176. The highest BCUT2D eigenvalue weighted by atomic mass is 16.6. The molecule has 2 aromatic rings. The van der Waals surface area contributed by atoms with Crippen molar-refractivity contribution < 1.29 is 19.2 Å². The van der Waals surface area contributed by atoms with Crippen LogP contribution < -0.4 is 5.32 Å². The van der Waals surface area contributed by atoms with Crippen molar-refractivity contribution in [2.75, 3.05) is 11.9 Å². The first-order valence-corrected chi connectivity index (χ1v) is 7.26. The molecule has 0 heterocycles. The number of nitro groups is 1. The molecular weight excluding hydrogens is 312 g/mol. The summed E-state index contributed by atoms with van der Waals surface area (Å²) >= 11 is 0. The van der Waals surface area contributed by atoms with Gasteiger partial charge in [-0.25, -0.2) is 4.79 Å². The first kappa shape index (κ1) is 17.1. The number of carbonyl (C=O) groups excluding carboxylic acids is 2. The van der Waals surface area contributed by atoms with Crippen molar-refractivity contribution in [1.82, 2.24) is 0 Å². The Morgan fingerprint density at radius 3 is 2.29 bits per heavy atom. The van der Waals surface area contributed by atoms with Gasteiger partial charge in [0, 0.05) is 22.9 Å². The Morgan fingerprint density at radius 1 is 1.12 bits per heavy atom. The van der Waals surface area contributed by atoms with Crippen LogP contribution in [0.5, 0.6) is 0 Å². The molecule has 0 bridgehead atoms. The Labute approximate surface area is 138 Å². The molecule has 0 unspecified atom stereocenters. The second-order valence-electron chi connectivity index (χ2n) is 5.01. The Kier molecular flexibility index (Phi) is 5.26. The first-order chi connectivity index (χ1) is 11.4. The third-order valence-electron chi connectivity index (χ3n) is 3.31. The lowest BCUT2D eigenvalue weighted by molar-refractivity contribution is -0.385. The topological polar surface area (TPSA) is 98.5 Å². The summed E-state index contributed by atoms with van der Waals surface area (Å²) in [7, 11) is 0. The molecule has 1 amide bonds. The van der Waals surface area contributed by atoms with Gasteiger partial charge in [0.15, 0.2) is 0 Å². The lowest BCUT2D eigenvalue weighted by Gasteiger charge is -2.07. The van der Waals surface area contributed by atoms with Crippen LogP contribution in [-0.4, -0.2) is 23.4 Å². The zero-order valence-corrected chi connectivity index (χ0v) is 13.2. The van der Waals surface area contributed by atoms with E-state index >= 15 is 0 Å². The quantitative estimate of drug-likeness (QED) is 0.515. The molecular formula is C17H16N2O5. The fourth-order valence-corrected chi connectivity index (χ4v) is 2.11. The summed E-state index contributed by atoms with van der Waals surface area (Å²) in [6.07, 6.45) is 0. The van der Waals surface area contributed by atoms with Gasteiger partial charge in [0.25, 0.3) is 11.6 Å². The number of hydrogen-bond acceptors (Lipinski definition) is 5. The van der Waals surface area contributed by atoms with Crippen LogP contribution in [-0.2, 0) is 4.74 Å². The molecule has 0 aromatic heterocycles. The number of benzene rings is 2. The molecule has 24 heavy (non-hydrogen) atoms. The number of esters is 1. The minimum absolute atomic E-state index is 0.0367. The van der Waals surface area contributed by atoms with Crippen molar-refractivity contribution in [2.45, 2.75) is 13.8 Å². The fourth-order valence-electron chi connectivity index (χ4n) is 2.11. The Bertz CT molecular complexity index is 784. The zero-order chi connectivity index (χ0) is 17.7. The van der Waals surface area contributed by atoms with Crippen LogP contribution in [0, 0.1) is 17.0 Å². The Balaban J connectivity index is 2.11. The predicted molar refractivity (Wildman–Crippen MR) is 88.2 cm³/mol. The maximum Gasteiger partial charge on any atom is 0.338 e. The molecule has 0 aliphatic heterocycles. The number of ether oxygens (including phenoxy) is 1. The number of nitrogens with zero attached hydrogens (tertiary/aromatic N) is 1. The summed E-state index contributed by atoms with van der Waals surface area (Å²) in [6.45, 7) is 3.58. The standard InChI is InChI=1S/C17H16N2O5/c1-3-24-17(21)12-4-7-14(8-5-12)18-16(20)13-6-9-15(19(22)23)11(2)10-13/h4-10H,3H2,1-2H3,(H,18,20). The summed E-state index contributed by atoms with van der Waals surface area (Å²) in [5.74, 6) is -0.821. The van der Waals surface area contributed by atoms with Gasteiger partial charge in [0.05, 0.1) is 17.1 Å². The highest BCUT2D eigenvalue weighted by Crippen LogP contribution is 2.20. The summed E-state index contributed by atoms with van der Waals surface area (Å²) < 4.78 is 4.88. The maximum atomic E-state index is 12.2. The second kappa shape index (κ2) is 7.36. The van der Waals surface area contributed by atoms with Crippen molar-refractivity contribution in [3.8, 4) is 0 Å². The molecule has 0 fully saturated rings. The number of nitro benzene ring substituents is 1.